The Hall–Kier alpha value is -4.37. The van der Waals surface area contributed by atoms with Crippen LogP contribution in [0.1, 0.15) is 24.1 Å². The number of aliphatic hydroxyl groups excluding tert-OH is 1. The van der Waals surface area contributed by atoms with Crippen molar-refractivity contribution in [2.75, 3.05) is 18.6 Å². The molecule has 1 saturated heterocycles. The van der Waals surface area contributed by atoms with Gasteiger partial charge in [0.2, 0.25) is 0 Å². The molecule has 1 fully saturated rings. The second-order valence-corrected chi connectivity index (χ2v) is 9.06. The number of hydrogen-bond donors (Lipinski definition) is 2. The maximum Gasteiger partial charge on any atom is 0.301 e. The van der Waals surface area contributed by atoms with Crippen LogP contribution in [-0.2, 0) is 9.59 Å². The van der Waals surface area contributed by atoms with Gasteiger partial charge in [0.15, 0.2) is 5.13 Å². The number of anilines is 1. The second kappa shape index (κ2) is 9.35. The van der Waals surface area contributed by atoms with Crippen molar-refractivity contribution in [3.63, 3.8) is 0 Å². The highest BCUT2D eigenvalue weighted by atomic mass is 32.1. The van der Waals surface area contributed by atoms with Gasteiger partial charge in [-0.3, -0.25) is 14.5 Å². The number of carbonyl (C=O) groups excluding carboxylic acids is 2. The number of aliphatic hydroxyl groups is 1. The van der Waals surface area contributed by atoms with Gasteiger partial charge < -0.3 is 19.7 Å². The lowest BCUT2D eigenvalue weighted by Gasteiger charge is -2.23. The normalized spacial score (nSPS) is 17.1. The van der Waals surface area contributed by atoms with E-state index in [0.29, 0.717) is 39.9 Å². The van der Waals surface area contributed by atoms with Crippen molar-refractivity contribution in [2.24, 2.45) is 0 Å². The van der Waals surface area contributed by atoms with Gasteiger partial charge >= 0.3 is 5.91 Å². The number of benzene rings is 3. The van der Waals surface area contributed by atoms with Crippen LogP contribution in [0, 0.1) is 0 Å². The summed E-state index contributed by atoms with van der Waals surface area (Å²) in [5, 5.41) is 21.3. The van der Waals surface area contributed by atoms with Gasteiger partial charge in [-0.1, -0.05) is 23.5 Å². The minimum Gasteiger partial charge on any atom is -0.508 e. The zero-order valence-electron chi connectivity index (χ0n) is 19.5. The predicted octanol–water partition coefficient (Wildman–Crippen LogP) is 5.04. The van der Waals surface area contributed by atoms with E-state index in [2.05, 4.69) is 4.98 Å². The summed E-state index contributed by atoms with van der Waals surface area (Å²) >= 11 is 1.25. The molecule has 0 spiro atoms. The van der Waals surface area contributed by atoms with E-state index in [9.17, 15) is 19.8 Å². The molecule has 0 aliphatic carbocycles. The number of aromatic hydroxyl groups is 1. The molecule has 1 aliphatic heterocycles. The molecule has 8 nitrogen and oxygen atoms in total. The molecule has 0 radical (unpaired) electrons. The van der Waals surface area contributed by atoms with E-state index >= 15 is 0 Å². The standard InChI is InChI=1S/C27H22N2O6S/c1-3-35-19-12-13-20-21(14-19)36-27(28-20)29-23(15-4-8-17(30)9-5-15)22(25(32)26(29)33)24(31)16-6-10-18(34-2)11-7-16/h4-14,23,30-31H,3H2,1-2H3. The summed E-state index contributed by atoms with van der Waals surface area (Å²) in [6.07, 6.45) is 0. The molecule has 0 bridgehead atoms. The summed E-state index contributed by atoms with van der Waals surface area (Å²) in [4.78, 5) is 32.6. The van der Waals surface area contributed by atoms with Crippen molar-refractivity contribution in [1.29, 1.82) is 0 Å². The Morgan fingerprint density at radius 2 is 1.72 bits per heavy atom. The van der Waals surface area contributed by atoms with Crippen LogP contribution in [-0.4, -0.2) is 40.6 Å². The van der Waals surface area contributed by atoms with Crippen molar-refractivity contribution in [3.05, 3.63) is 83.4 Å². The third kappa shape index (κ3) is 4.03. The molecule has 1 aliphatic rings. The van der Waals surface area contributed by atoms with Crippen LogP contribution in [0.4, 0.5) is 5.13 Å². The quantitative estimate of drug-likeness (QED) is 0.216. The minimum absolute atomic E-state index is 0.0364. The largest absolute Gasteiger partial charge is 0.508 e. The third-order valence-electron chi connectivity index (χ3n) is 5.88. The van der Waals surface area contributed by atoms with Gasteiger partial charge in [0.1, 0.15) is 23.0 Å². The number of phenolic OH excluding ortho intramolecular Hbond substituents is 1. The van der Waals surface area contributed by atoms with E-state index in [1.54, 1.807) is 48.5 Å². The maximum atomic E-state index is 13.4. The fraction of sp³-hybridized carbons (Fsp3) is 0.148. The molecular weight excluding hydrogens is 480 g/mol. The van der Waals surface area contributed by atoms with E-state index in [4.69, 9.17) is 9.47 Å². The van der Waals surface area contributed by atoms with E-state index in [1.807, 2.05) is 13.0 Å². The number of Topliss-reactive ketones (excluding diaryl/α,β-unsaturated/α-hetero) is 1. The smallest absolute Gasteiger partial charge is 0.301 e. The zero-order valence-corrected chi connectivity index (χ0v) is 20.3. The summed E-state index contributed by atoms with van der Waals surface area (Å²) in [5.41, 5.74) is 1.49. The molecule has 9 heteroatoms. The van der Waals surface area contributed by atoms with Crippen LogP contribution < -0.4 is 14.4 Å². The molecule has 1 amide bonds. The molecular formula is C27H22N2O6S. The average Bonchev–Trinajstić information content (AvgIpc) is 3.42. The van der Waals surface area contributed by atoms with Gasteiger partial charge in [-0.25, -0.2) is 4.98 Å². The van der Waals surface area contributed by atoms with Gasteiger partial charge in [0, 0.05) is 5.56 Å². The van der Waals surface area contributed by atoms with Crippen LogP contribution in [0.3, 0.4) is 0 Å². The molecule has 1 unspecified atom stereocenters. The highest BCUT2D eigenvalue weighted by Crippen LogP contribution is 2.45. The highest BCUT2D eigenvalue weighted by Gasteiger charge is 2.48. The summed E-state index contributed by atoms with van der Waals surface area (Å²) in [6, 6.07) is 17.2. The van der Waals surface area contributed by atoms with Crippen LogP contribution in [0.5, 0.6) is 17.2 Å². The number of ether oxygens (including phenoxy) is 2. The first-order valence-electron chi connectivity index (χ1n) is 11.2. The molecule has 2 N–H and O–H groups in total. The first-order valence-corrected chi connectivity index (χ1v) is 12.0. The van der Waals surface area contributed by atoms with Crippen LogP contribution in [0.25, 0.3) is 16.0 Å². The number of ketones is 1. The lowest BCUT2D eigenvalue weighted by atomic mass is 9.95. The van der Waals surface area contributed by atoms with Crippen molar-refractivity contribution >= 4 is 44.1 Å². The molecule has 5 rings (SSSR count). The number of hydrogen-bond acceptors (Lipinski definition) is 8. The lowest BCUT2D eigenvalue weighted by Crippen LogP contribution is -2.29. The van der Waals surface area contributed by atoms with Gasteiger partial charge in [0.05, 0.1) is 35.5 Å². The fourth-order valence-electron chi connectivity index (χ4n) is 4.16. The molecule has 182 valence electrons. The Morgan fingerprint density at radius 1 is 1.03 bits per heavy atom. The third-order valence-corrected chi connectivity index (χ3v) is 6.90. The number of thiazole rings is 1. The van der Waals surface area contributed by atoms with Crippen LogP contribution in [0.2, 0.25) is 0 Å². The monoisotopic (exact) mass is 502 g/mol. The van der Waals surface area contributed by atoms with Gasteiger partial charge in [0.25, 0.3) is 5.78 Å². The number of amides is 1. The van der Waals surface area contributed by atoms with Gasteiger partial charge in [-0.15, -0.1) is 0 Å². The summed E-state index contributed by atoms with van der Waals surface area (Å²) in [7, 11) is 1.53. The number of rotatable bonds is 6. The lowest BCUT2D eigenvalue weighted by molar-refractivity contribution is -0.132. The Balaban J connectivity index is 1.67. The summed E-state index contributed by atoms with van der Waals surface area (Å²) in [5.74, 6) is -0.631. The number of fused-ring (bicyclic) bond motifs is 1. The Morgan fingerprint density at radius 3 is 2.39 bits per heavy atom. The maximum absolute atomic E-state index is 13.4. The summed E-state index contributed by atoms with van der Waals surface area (Å²) in [6.45, 7) is 2.40. The van der Waals surface area contributed by atoms with Crippen molar-refractivity contribution < 1.29 is 29.3 Å². The summed E-state index contributed by atoms with van der Waals surface area (Å²) < 4.78 is 11.5. The predicted molar refractivity (Wildman–Crippen MR) is 137 cm³/mol. The van der Waals surface area contributed by atoms with Gasteiger partial charge in [-0.2, -0.15) is 0 Å². The topological polar surface area (TPSA) is 109 Å². The van der Waals surface area contributed by atoms with Gasteiger partial charge in [-0.05, 0) is 67.1 Å². The molecule has 1 atom stereocenters. The van der Waals surface area contributed by atoms with Crippen molar-refractivity contribution in [2.45, 2.75) is 13.0 Å². The number of phenols is 1. The Bertz CT molecular complexity index is 1490. The minimum atomic E-state index is -0.945. The van der Waals surface area contributed by atoms with E-state index in [0.717, 1.165) is 4.70 Å². The molecule has 1 aromatic heterocycles. The molecule has 3 aromatic carbocycles. The zero-order chi connectivity index (χ0) is 25.4. The number of aromatic nitrogens is 1. The van der Waals surface area contributed by atoms with Crippen molar-refractivity contribution in [3.8, 4) is 17.2 Å². The first-order chi connectivity index (χ1) is 17.4. The van der Waals surface area contributed by atoms with Crippen LogP contribution >= 0.6 is 11.3 Å². The number of carbonyl (C=O) groups is 2. The Kier molecular flexibility index (Phi) is 6.07. The van der Waals surface area contributed by atoms with E-state index in [-0.39, 0.29) is 17.1 Å². The highest BCUT2D eigenvalue weighted by molar-refractivity contribution is 7.22. The molecule has 36 heavy (non-hydrogen) atoms. The van der Waals surface area contributed by atoms with E-state index < -0.39 is 17.7 Å². The molecule has 0 saturated carbocycles. The van der Waals surface area contributed by atoms with Crippen molar-refractivity contribution in [1.82, 2.24) is 4.98 Å². The fourth-order valence-corrected chi connectivity index (χ4v) is 5.18. The number of nitrogens with zero attached hydrogens (tertiary/aromatic N) is 2. The average molecular weight is 503 g/mol. The molecule has 2 heterocycles. The SMILES string of the molecule is CCOc1ccc2nc(N3C(=O)C(=O)C(=C(O)c4ccc(OC)cc4)C3c3ccc(O)cc3)sc2c1. The second-order valence-electron chi connectivity index (χ2n) is 8.05. The van der Waals surface area contributed by atoms with Crippen LogP contribution in [0.15, 0.2) is 72.3 Å². The van der Waals surface area contributed by atoms with E-state index in [1.165, 1.54) is 35.5 Å². The molecule has 4 aromatic rings. The Labute approximate surface area is 210 Å². The number of methoxy groups -OCH3 is 1. The first kappa shape index (κ1) is 23.4.